The molecule has 3 N–H and O–H groups in total. The van der Waals surface area contributed by atoms with Gasteiger partial charge in [-0.2, -0.15) is 5.10 Å². The number of carbonyl (C=O) groups is 1. The van der Waals surface area contributed by atoms with Crippen LogP contribution in [0.2, 0.25) is 0 Å². The molecule has 0 bridgehead atoms. The van der Waals surface area contributed by atoms with Crippen molar-refractivity contribution in [3.05, 3.63) is 24.0 Å². The van der Waals surface area contributed by atoms with Crippen LogP contribution >= 0.6 is 0 Å². The third kappa shape index (κ3) is 1.67. The molecule has 1 fully saturated rings. The van der Waals surface area contributed by atoms with Gasteiger partial charge in [-0.15, -0.1) is 5.10 Å². The molecule has 0 aliphatic heterocycles. The van der Waals surface area contributed by atoms with Crippen molar-refractivity contribution in [1.82, 2.24) is 25.4 Å². The monoisotopic (exact) mass is 218 g/mol. The standard InChI is InChI=1S/C9H10N6O/c16-9(12-6-3-10-11-4-6)8-13-7(14-15-8)5-1-2-5/h3-5H,1-2H2,(H,10,11)(H,12,16)(H,13,14,15). The van der Waals surface area contributed by atoms with Gasteiger partial charge in [-0.25, -0.2) is 4.98 Å². The molecule has 7 heteroatoms. The number of nitrogens with zero attached hydrogens (tertiary/aromatic N) is 3. The van der Waals surface area contributed by atoms with E-state index in [1.807, 2.05) is 0 Å². The Bertz CT molecular complexity index is 498. The molecule has 0 spiro atoms. The highest BCUT2D eigenvalue weighted by Gasteiger charge is 2.28. The van der Waals surface area contributed by atoms with E-state index in [9.17, 15) is 4.79 Å². The van der Waals surface area contributed by atoms with Gasteiger partial charge in [0.2, 0.25) is 5.82 Å². The number of hydrogen-bond acceptors (Lipinski definition) is 4. The zero-order valence-corrected chi connectivity index (χ0v) is 8.40. The number of H-pyrrole nitrogens is 2. The van der Waals surface area contributed by atoms with Crippen LogP contribution < -0.4 is 5.32 Å². The zero-order chi connectivity index (χ0) is 11.0. The summed E-state index contributed by atoms with van der Waals surface area (Å²) in [5.41, 5.74) is 0.600. The number of nitrogens with one attached hydrogen (secondary N) is 3. The molecule has 7 nitrogen and oxygen atoms in total. The molecular formula is C9H10N6O. The van der Waals surface area contributed by atoms with Crippen LogP contribution in [-0.2, 0) is 0 Å². The topological polar surface area (TPSA) is 99.4 Å². The van der Waals surface area contributed by atoms with Crippen LogP contribution in [0, 0.1) is 0 Å². The first-order valence-electron chi connectivity index (χ1n) is 5.05. The van der Waals surface area contributed by atoms with E-state index in [2.05, 4.69) is 30.7 Å². The fourth-order valence-electron chi connectivity index (χ4n) is 1.42. The first-order chi connectivity index (χ1) is 7.83. The molecular weight excluding hydrogens is 208 g/mol. The number of anilines is 1. The minimum atomic E-state index is -0.329. The van der Waals surface area contributed by atoms with Crippen LogP contribution in [-0.4, -0.2) is 31.3 Å². The molecule has 1 amide bonds. The van der Waals surface area contributed by atoms with Crippen molar-refractivity contribution >= 4 is 11.6 Å². The molecule has 82 valence electrons. The molecule has 2 aromatic rings. The van der Waals surface area contributed by atoms with Crippen LogP contribution in [0.25, 0.3) is 0 Å². The highest BCUT2D eigenvalue weighted by molar-refractivity contribution is 6.01. The number of carbonyl (C=O) groups excluding carboxylic acids is 1. The van der Waals surface area contributed by atoms with Crippen molar-refractivity contribution in [2.24, 2.45) is 0 Å². The minimum Gasteiger partial charge on any atom is -0.316 e. The van der Waals surface area contributed by atoms with Crippen LogP contribution in [0.5, 0.6) is 0 Å². The lowest BCUT2D eigenvalue weighted by atomic mass is 10.4. The fourth-order valence-corrected chi connectivity index (χ4v) is 1.42. The summed E-state index contributed by atoms with van der Waals surface area (Å²) >= 11 is 0. The SMILES string of the molecule is O=C(Nc1cn[nH]c1)c1n[nH]c(C2CC2)n1. The Kier molecular flexibility index (Phi) is 1.95. The smallest absolute Gasteiger partial charge is 0.295 e. The molecule has 0 aromatic carbocycles. The third-order valence-electron chi connectivity index (χ3n) is 2.43. The Labute approximate surface area is 90.7 Å². The predicted molar refractivity (Wildman–Crippen MR) is 54.9 cm³/mol. The highest BCUT2D eigenvalue weighted by Crippen LogP contribution is 2.37. The second kappa shape index (κ2) is 3.44. The first-order valence-corrected chi connectivity index (χ1v) is 5.05. The van der Waals surface area contributed by atoms with E-state index in [-0.39, 0.29) is 11.7 Å². The van der Waals surface area contributed by atoms with E-state index in [4.69, 9.17) is 0 Å². The molecule has 1 saturated carbocycles. The van der Waals surface area contributed by atoms with Crippen LogP contribution in [0.15, 0.2) is 12.4 Å². The summed E-state index contributed by atoms with van der Waals surface area (Å²) in [6.07, 6.45) is 5.36. The average Bonchev–Trinajstić information content (AvgIpc) is 2.82. The average molecular weight is 218 g/mol. The summed E-state index contributed by atoms with van der Waals surface area (Å²) in [6.45, 7) is 0. The van der Waals surface area contributed by atoms with Gasteiger partial charge in [-0.3, -0.25) is 15.0 Å². The summed E-state index contributed by atoms with van der Waals surface area (Å²) in [7, 11) is 0. The largest absolute Gasteiger partial charge is 0.316 e. The summed E-state index contributed by atoms with van der Waals surface area (Å²) in [5.74, 6) is 1.10. The van der Waals surface area contributed by atoms with Gasteiger partial charge < -0.3 is 5.32 Å². The number of rotatable bonds is 3. The fraction of sp³-hybridized carbons (Fsp3) is 0.333. The highest BCUT2D eigenvalue weighted by atomic mass is 16.2. The van der Waals surface area contributed by atoms with E-state index >= 15 is 0 Å². The maximum Gasteiger partial charge on any atom is 0.295 e. The molecule has 2 aromatic heterocycles. The molecule has 1 aliphatic rings. The van der Waals surface area contributed by atoms with E-state index in [1.54, 1.807) is 6.20 Å². The van der Waals surface area contributed by atoms with Crippen molar-refractivity contribution in [3.63, 3.8) is 0 Å². The molecule has 0 atom stereocenters. The maximum absolute atomic E-state index is 11.7. The third-order valence-corrected chi connectivity index (χ3v) is 2.43. The van der Waals surface area contributed by atoms with Gasteiger partial charge in [-0.05, 0) is 12.8 Å². The summed E-state index contributed by atoms with van der Waals surface area (Å²) in [6, 6.07) is 0. The number of hydrogen-bond donors (Lipinski definition) is 3. The number of aromatic nitrogens is 5. The van der Waals surface area contributed by atoms with E-state index in [1.165, 1.54) is 6.20 Å². The van der Waals surface area contributed by atoms with Gasteiger partial charge >= 0.3 is 0 Å². The van der Waals surface area contributed by atoms with Crippen molar-refractivity contribution in [3.8, 4) is 0 Å². The second-order valence-corrected chi connectivity index (χ2v) is 3.76. The van der Waals surface area contributed by atoms with Gasteiger partial charge in [0.1, 0.15) is 5.82 Å². The van der Waals surface area contributed by atoms with E-state index < -0.39 is 0 Å². The second-order valence-electron chi connectivity index (χ2n) is 3.76. The Morgan fingerprint density at radius 2 is 2.38 bits per heavy atom. The molecule has 0 saturated heterocycles. The van der Waals surface area contributed by atoms with Crippen LogP contribution in [0.3, 0.4) is 0 Å². The molecule has 0 unspecified atom stereocenters. The van der Waals surface area contributed by atoms with Gasteiger partial charge in [0.05, 0.1) is 11.9 Å². The lowest BCUT2D eigenvalue weighted by molar-refractivity contribution is 0.101. The molecule has 16 heavy (non-hydrogen) atoms. The number of amides is 1. The van der Waals surface area contributed by atoms with E-state index in [0.717, 1.165) is 18.7 Å². The molecule has 2 heterocycles. The Morgan fingerprint density at radius 3 is 3.06 bits per heavy atom. The lowest BCUT2D eigenvalue weighted by Crippen LogP contribution is -2.13. The van der Waals surface area contributed by atoms with Crippen molar-refractivity contribution in [1.29, 1.82) is 0 Å². The predicted octanol–water partition coefficient (Wildman–Crippen LogP) is 0.657. The molecule has 3 rings (SSSR count). The van der Waals surface area contributed by atoms with Crippen molar-refractivity contribution in [2.75, 3.05) is 5.32 Å². The summed E-state index contributed by atoms with van der Waals surface area (Å²) < 4.78 is 0. The molecule has 1 aliphatic carbocycles. The van der Waals surface area contributed by atoms with Crippen LogP contribution in [0.4, 0.5) is 5.69 Å². The van der Waals surface area contributed by atoms with E-state index in [0.29, 0.717) is 11.6 Å². The van der Waals surface area contributed by atoms with Crippen molar-refractivity contribution in [2.45, 2.75) is 18.8 Å². The maximum atomic E-state index is 11.7. The van der Waals surface area contributed by atoms with Gasteiger partial charge in [0.15, 0.2) is 0 Å². The number of aromatic amines is 2. The Morgan fingerprint density at radius 1 is 1.50 bits per heavy atom. The van der Waals surface area contributed by atoms with Gasteiger partial charge in [-0.1, -0.05) is 0 Å². The first kappa shape index (κ1) is 9.08. The Hall–Kier alpha value is -2.18. The van der Waals surface area contributed by atoms with Gasteiger partial charge in [0, 0.05) is 12.1 Å². The zero-order valence-electron chi connectivity index (χ0n) is 8.40. The van der Waals surface area contributed by atoms with Crippen LogP contribution in [0.1, 0.15) is 35.2 Å². The normalized spacial score (nSPS) is 15.0. The minimum absolute atomic E-state index is 0.170. The Balaban J connectivity index is 1.73. The quantitative estimate of drug-likeness (QED) is 0.704. The lowest BCUT2D eigenvalue weighted by Gasteiger charge is -1.95. The van der Waals surface area contributed by atoms with Crippen molar-refractivity contribution < 1.29 is 4.79 Å². The van der Waals surface area contributed by atoms with Gasteiger partial charge in [0.25, 0.3) is 5.91 Å². The summed E-state index contributed by atoms with van der Waals surface area (Å²) in [4.78, 5) is 15.8. The summed E-state index contributed by atoms with van der Waals surface area (Å²) in [5, 5.41) is 15.6. The molecule has 0 radical (unpaired) electrons.